The Hall–Kier alpha value is 0.1000. The molecule has 0 aromatic rings. The summed E-state index contributed by atoms with van der Waals surface area (Å²) in [7, 11) is 0. The maximum atomic E-state index is 12.3. The van der Waals surface area contributed by atoms with Crippen molar-refractivity contribution in [3.63, 3.8) is 0 Å². The number of carbonyl (C=O) groups is 1. The normalized spacial score (nSPS) is 49.4. The number of aliphatic hydroxyl groups is 1. The van der Waals surface area contributed by atoms with Crippen LogP contribution in [-0.2, 0) is 4.79 Å². The maximum Gasteiger partial charge on any atom is 0.174 e. The van der Waals surface area contributed by atoms with Gasteiger partial charge in [0.15, 0.2) is 5.78 Å². The molecule has 0 radical (unpaired) electrons. The zero-order valence-corrected chi connectivity index (χ0v) is 11.5. The zero-order valence-electron chi connectivity index (χ0n) is 9.34. The molecule has 0 amide bonds. The van der Waals surface area contributed by atoms with E-state index in [9.17, 15) is 9.90 Å². The second-order valence-corrected chi connectivity index (χ2v) is 7.50. The Balaban J connectivity index is 1.98. The van der Waals surface area contributed by atoms with Gasteiger partial charge in [0.25, 0.3) is 0 Å². The number of allylic oxidation sites excluding steroid dienone is 1. The Morgan fingerprint density at radius 3 is 2.25 bits per heavy atom. The third-order valence-electron chi connectivity index (χ3n) is 4.76. The quantitative estimate of drug-likeness (QED) is 0.624. The van der Waals surface area contributed by atoms with E-state index in [-0.39, 0.29) is 11.2 Å². The van der Waals surface area contributed by atoms with Crippen LogP contribution in [0.25, 0.3) is 0 Å². The van der Waals surface area contributed by atoms with Crippen LogP contribution in [0.2, 0.25) is 0 Å². The number of hydrogen-bond acceptors (Lipinski definition) is 2. The van der Waals surface area contributed by atoms with Crippen LogP contribution in [-0.4, -0.2) is 16.5 Å². The highest BCUT2D eigenvalue weighted by molar-refractivity contribution is 14.1. The van der Waals surface area contributed by atoms with Gasteiger partial charge in [-0.3, -0.25) is 4.79 Å². The molecule has 16 heavy (non-hydrogen) atoms. The third-order valence-corrected chi connectivity index (χ3v) is 5.25. The third kappa shape index (κ3) is 1.50. The van der Waals surface area contributed by atoms with E-state index < -0.39 is 5.60 Å². The molecule has 4 bridgehead atoms. The summed E-state index contributed by atoms with van der Waals surface area (Å²) in [5, 5.41) is 10.5. The average Bonchev–Trinajstić information content (AvgIpc) is 2.12. The van der Waals surface area contributed by atoms with Gasteiger partial charge in [-0.1, -0.05) is 6.58 Å². The molecule has 0 spiro atoms. The van der Waals surface area contributed by atoms with Gasteiger partial charge in [-0.25, -0.2) is 0 Å². The summed E-state index contributed by atoms with van der Waals surface area (Å²) in [5.74, 6) is 1.36. The summed E-state index contributed by atoms with van der Waals surface area (Å²) in [6.07, 6.45) is 5.75. The van der Waals surface area contributed by atoms with E-state index >= 15 is 0 Å². The monoisotopic (exact) mass is 332 g/mol. The maximum absolute atomic E-state index is 12.3. The van der Waals surface area contributed by atoms with Crippen molar-refractivity contribution in [3.8, 4) is 0 Å². The lowest BCUT2D eigenvalue weighted by molar-refractivity contribution is -0.173. The number of ketones is 1. The predicted molar refractivity (Wildman–Crippen MR) is 70.2 cm³/mol. The van der Waals surface area contributed by atoms with E-state index in [1.807, 2.05) is 22.6 Å². The van der Waals surface area contributed by atoms with E-state index in [0.29, 0.717) is 21.8 Å². The van der Waals surface area contributed by atoms with Crippen LogP contribution in [0.5, 0.6) is 0 Å². The number of rotatable bonds is 2. The lowest BCUT2D eigenvalue weighted by Gasteiger charge is -2.59. The number of carbonyl (C=O) groups excluding carboxylic acids is 1. The minimum atomic E-state index is -0.536. The SMILES string of the molecule is C=C(I)C(=O)C12CC3CC(CC(O)(C3)C1)C2. The molecule has 4 rings (SSSR count). The Morgan fingerprint density at radius 2 is 1.81 bits per heavy atom. The molecular formula is C13H17IO2. The molecule has 4 fully saturated rings. The van der Waals surface area contributed by atoms with Crippen molar-refractivity contribution in [2.24, 2.45) is 17.3 Å². The fourth-order valence-electron chi connectivity index (χ4n) is 4.77. The molecule has 1 N–H and O–H groups in total. The number of Topliss-reactive ketones (excluding diaryl/α,β-unsaturated/α-hetero) is 1. The minimum absolute atomic E-state index is 0.209. The summed E-state index contributed by atoms with van der Waals surface area (Å²) in [4.78, 5) is 12.3. The van der Waals surface area contributed by atoms with Gasteiger partial charge in [0, 0.05) is 8.99 Å². The van der Waals surface area contributed by atoms with Crippen molar-refractivity contribution in [1.29, 1.82) is 0 Å². The van der Waals surface area contributed by atoms with Crippen molar-refractivity contribution in [3.05, 3.63) is 10.2 Å². The number of halogens is 1. The first-order chi connectivity index (χ1) is 7.42. The van der Waals surface area contributed by atoms with Crippen molar-refractivity contribution in [2.45, 2.75) is 44.1 Å². The van der Waals surface area contributed by atoms with Gasteiger partial charge >= 0.3 is 0 Å². The van der Waals surface area contributed by atoms with Crippen molar-refractivity contribution < 1.29 is 9.90 Å². The Morgan fingerprint density at radius 1 is 1.25 bits per heavy atom. The van der Waals surface area contributed by atoms with E-state index in [2.05, 4.69) is 6.58 Å². The van der Waals surface area contributed by atoms with Gasteiger partial charge in [-0.15, -0.1) is 0 Å². The summed E-state index contributed by atoms with van der Waals surface area (Å²) in [6.45, 7) is 3.79. The molecule has 4 saturated carbocycles. The average molecular weight is 332 g/mol. The first-order valence-corrected chi connectivity index (χ1v) is 7.12. The molecule has 2 atom stereocenters. The highest BCUT2D eigenvalue weighted by atomic mass is 127. The lowest BCUT2D eigenvalue weighted by Crippen LogP contribution is -2.58. The zero-order chi connectivity index (χ0) is 11.6. The van der Waals surface area contributed by atoms with Gasteiger partial charge in [0.2, 0.25) is 0 Å². The smallest absolute Gasteiger partial charge is 0.174 e. The molecule has 0 aromatic heterocycles. The summed E-state index contributed by atoms with van der Waals surface area (Å²) in [6, 6.07) is 0. The van der Waals surface area contributed by atoms with Gasteiger partial charge in [0.05, 0.1) is 5.60 Å². The fraction of sp³-hybridized carbons (Fsp3) is 0.769. The molecule has 3 heteroatoms. The molecule has 0 aromatic carbocycles. The molecule has 0 heterocycles. The molecule has 0 saturated heterocycles. The Bertz CT molecular complexity index is 360. The lowest BCUT2D eigenvalue weighted by atomic mass is 9.47. The molecule has 4 aliphatic carbocycles. The first-order valence-electron chi connectivity index (χ1n) is 6.04. The molecular weight excluding hydrogens is 315 g/mol. The first kappa shape index (κ1) is 11.2. The largest absolute Gasteiger partial charge is 0.390 e. The van der Waals surface area contributed by atoms with Crippen LogP contribution in [0, 0.1) is 17.3 Å². The second kappa shape index (κ2) is 3.31. The van der Waals surface area contributed by atoms with Crippen LogP contribution < -0.4 is 0 Å². The molecule has 0 aliphatic heterocycles. The van der Waals surface area contributed by atoms with Gasteiger partial charge in [0.1, 0.15) is 0 Å². The van der Waals surface area contributed by atoms with Crippen molar-refractivity contribution >= 4 is 28.4 Å². The second-order valence-electron chi connectivity index (χ2n) is 6.20. The van der Waals surface area contributed by atoms with Crippen LogP contribution in [0.15, 0.2) is 10.2 Å². The van der Waals surface area contributed by atoms with E-state index in [0.717, 1.165) is 25.7 Å². The summed E-state index contributed by atoms with van der Waals surface area (Å²) >= 11 is 2.04. The van der Waals surface area contributed by atoms with Crippen molar-refractivity contribution in [1.82, 2.24) is 0 Å². The van der Waals surface area contributed by atoms with Crippen molar-refractivity contribution in [2.75, 3.05) is 0 Å². The standard InChI is InChI=1S/C13H17IO2/c1-8(14)11(15)12-3-9-2-10(4-12)6-13(16,5-9)7-12/h9-10,16H,1-7H2. The highest BCUT2D eigenvalue weighted by Gasteiger charge is 2.59. The Kier molecular flexibility index (Phi) is 2.32. The van der Waals surface area contributed by atoms with Crippen LogP contribution in [0.4, 0.5) is 0 Å². The molecule has 2 nitrogen and oxygen atoms in total. The van der Waals surface area contributed by atoms with E-state index in [1.165, 1.54) is 6.42 Å². The van der Waals surface area contributed by atoms with Gasteiger partial charge in [-0.2, -0.15) is 0 Å². The summed E-state index contributed by atoms with van der Waals surface area (Å²) in [5.41, 5.74) is -0.789. The predicted octanol–water partition coefficient (Wildman–Crippen LogP) is 2.84. The van der Waals surface area contributed by atoms with Crippen LogP contribution in [0.3, 0.4) is 0 Å². The number of hydrogen-bond donors (Lipinski definition) is 1. The van der Waals surface area contributed by atoms with E-state index in [4.69, 9.17) is 0 Å². The summed E-state index contributed by atoms with van der Waals surface area (Å²) < 4.78 is 0.642. The molecule has 2 unspecified atom stereocenters. The van der Waals surface area contributed by atoms with E-state index in [1.54, 1.807) is 0 Å². The Labute approximate surface area is 110 Å². The van der Waals surface area contributed by atoms with Gasteiger partial charge in [-0.05, 0) is 73.0 Å². The minimum Gasteiger partial charge on any atom is -0.390 e. The molecule has 4 aliphatic rings. The molecule has 88 valence electrons. The van der Waals surface area contributed by atoms with Gasteiger partial charge < -0.3 is 5.11 Å². The van der Waals surface area contributed by atoms with Crippen LogP contribution in [0.1, 0.15) is 38.5 Å². The highest BCUT2D eigenvalue weighted by Crippen LogP contribution is 2.62. The van der Waals surface area contributed by atoms with Crippen LogP contribution >= 0.6 is 22.6 Å². The topological polar surface area (TPSA) is 37.3 Å². The fourth-order valence-corrected chi connectivity index (χ4v) is 5.34.